The summed E-state index contributed by atoms with van der Waals surface area (Å²) in [7, 11) is 0. The first-order chi connectivity index (χ1) is 7.72. The van der Waals surface area contributed by atoms with E-state index in [0.29, 0.717) is 8.67 Å². The Morgan fingerprint density at radius 2 is 2.31 bits per heavy atom. The van der Waals surface area contributed by atoms with Gasteiger partial charge < -0.3 is 9.73 Å². The minimum atomic E-state index is -0.0313. The van der Waals surface area contributed by atoms with Crippen molar-refractivity contribution >= 4 is 34.5 Å². The van der Waals surface area contributed by atoms with Crippen LogP contribution >= 0.6 is 34.5 Å². The van der Waals surface area contributed by atoms with E-state index in [1.54, 1.807) is 6.26 Å². The van der Waals surface area contributed by atoms with E-state index in [9.17, 15) is 0 Å². The minimum Gasteiger partial charge on any atom is -0.467 e. The number of halogens is 2. The molecule has 1 atom stereocenters. The molecule has 0 saturated heterocycles. The monoisotopic (exact) mass is 275 g/mol. The Balaban J connectivity index is 2.36. The molecule has 0 spiro atoms. The lowest BCUT2D eigenvalue weighted by molar-refractivity contribution is 0.453. The van der Waals surface area contributed by atoms with E-state index in [1.165, 1.54) is 11.3 Å². The van der Waals surface area contributed by atoms with Crippen LogP contribution < -0.4 is 5.32 Å². The fourth-order valence-electron chi connectivity index (χ4n) is 1.57. The molecule has 16 heavy (non-hydrogen) atoms. The van der Waals surface area contributed by atoms with Gasteiger partial charge in [0.15, 0.2) is 0 Å². The van der Waals surface area contributed by atoms with Crippen molar-refractivity contribution in [3.05, 3.63) is 44.5 Å². The van der Waals surface area contributed by atoms with Gasteiger partial charge in [-0.05, 0) is 24.7 Å². The number of thiophene rings is 1. The zero-order chi connectivity index (χ0) is 11.5. The first-order valence-corrected chi connectivity index (χ1v) is 6.51. The van der Waals surface area contributed by atoms with E-state index in [2.05, 4.69) is 5.32 Å². The van der Waals surface area contributed by atoms with Crippen molar-refractivity contribution in [2.45, 2.75) is 13.0 Å². The van der Waals surface area contributed by atoms with Crippen LogP contribution in [0.3, 0.4) is 0 Å². The van der Waals surface area contributed by atoms with E-state index in [4.69, 9.17) is 27.6 Å². The summed E-state index contributed by atoms with van der Waals surface area (Å²) in [5, 5.41) is 3.33. The number of rotatable bonds is 4. The Bertz CT molecular complexity index is 453. The molecule has 0 bridgehead atoms. The highest BCUT2D eigenvalue weighted by Crippen LogP contribution is 2.37. The van der Waals surface area contributed by atoms with Crippen LogP contribution in [0.25, 0.3) is 0 Å². The Morgan fingerprint density at radius 1 is 1.50 bits per heavy atom. The molecule has 2 rings (SSSR count). The summed E-state index contributed by atoms with van der Waals surface area (Å²) in [6.45, 7) is 2.87. The highest BCUT2D eigenvalue weighted by atomic mass is 35.5. The number of hydrogen-bond acceptors (Lipinski definition) is 3. The summed E-state index contributed by atoms with van der Waals surface area (Å²) >= 11 is 13.5. The first-order valence-electron chi connectivity index (χ1n) is 4.94. The van der Waals surface area contributed by atoms with Crippen molar-refractivity contribution in [1.29, 1.82) is 0 Å². The predicted molar refractivity (Wildman–Crippen MR) is 68.6 cm³/mol. The second-order valence-electron chi connectivity index (χ2n) is 3.29. The molecule has 0 amide bonds. The highest BCUT2D eigenvalue weighted by molar-refractivity contribution is 7.20. The van der Waals surface area contributed by atoms with Gasteiger partial charge in [0, 0.05) is 5.56 Å². The molecule has 0 fully saturated rings. The molecular weight excluding hydrogens is 265 g/mol. The molecule has 0 aromatic carbocycles. The van der Waals surface area contributed by atoms with Crippen LogP contribution in [-0.2, 0) is 0 Å². The van der Waals surface area contributed by atoms with Crippen LogP contribution in [0.4, 0.5) is 0 Å². The Morgan fingerprint density at radius 3 is 2.81 bits per heavy atom. The van der Waals surface area contributed by atoms with E-state index in [1.807, 2.05) is 25.1 Å². The van der Waals surface area contributed by atoms with Gasteiger partial charge in [0.25, 0.3) is 0 Å². The fraction of sp³-hybridized carbons (Fsp3) is 0.273. The number of hydrogen-bond donors (Lipinski definition) is 1. The second-order valence-corrected chi connectivity index (χ2v) is 5.57. The lowest BCUT2D eigenvalue weighted by atomic mass is 10.1. The summed E-state index contributed by atoms with van der Waals surface area (Å²) in [6, 6.07) is 5.64. The molecule has 0 aliphatic carbocycles. The van der Waals surface area contributed by atoms with Gasteiger partial charge in [-0.25, -0.2) is 0 Å². The Hall–Kier alpha value is -0.480. The standard InChI is InChI=1S/C11H11Cl2NOS/c1-2-14-10(8-4-3-5-15-8)7-6-9(12)16-11(7)13/h3-6,10,14H,2H2,1H3. The fourth-order valence-corrected chi connectivity index (χ4v) is 3.11. The lowest BCUT2D eigenvalue weighted by Gasteiger charge is -2.14. The van der Waals surface area contributed by atoms with Crippen LogP contribution in [0.5, 0.6) is 0 Å². The Labute approximate surface area is 108 Å². The highest BCUT2D eigenvalue weighted by Gasteiger charge is 2.20. The maximum Gasteiger partial charge on any atom is 0.125 e. The average molecular weight is 276 g/mol. The van der Waals surface area contributed by atoms with E-state index < -0.39 is 0 Å². The van der Waals surface area contributed by atoms with Gasteiger partial charge in [-0.15, -0.1) is 11.3 Å². The van der Waals surface area contributed by atoms with Crippen molar-refractivity contribution in [1.82, 2.24) is 5.32 Å². The van der Waals surface area contributed by atoms with Crippen LogP contribution in [0, 0.1) is 0 Å². The first kappa shape index (κ1) is 12.0. The van der Waals surface area contributed by atoms with Crippen LogP contribution in [0.2, 0.25) is 8.67 Å². The molecular formula is C11H11Cl2NOS. The zero-order valence-electron chi connectivity index (χ0n) is 8.67. The van der Waals surface area contributed by atoms with Gasteiger partial charge >= 0.3 is 0 Å². The van der Waals surface area contributed by atoms with Gasteiger partial charge in [0.05, 0.1) is 21.0 Å². The summed E-state index contributed by atoms with van der Waals surface area (Å²) in [5.74, 6) is 0.846. The third-order valence-electron chi connectivity index (χ3n) is 2.23. The van der Waals surface area contributed by atoms with Crippen molar-refractivity contribution < 1.29 is 4.42 Å². The molecule has 1 unspecified atom stereocenters. The van der Waals surface area contributed by atoms with E-state index in [0.717, 1.165) is 17.9 Å². The van der Waals surface area contributed by atoms with E-state index in [-0.39, 0.29) is 6.04 Å². The molecule has 0 radical (unpaired) electrons. The second kappa shape index (κ2) is 5.23. The molecule has 0 aliphatic rings. The smallest absolute Gasteiger partial charge is 0.125 e. The molecule has 86 valence electrons. The van der Waals surface area contributed by atoms with Crippen molar-refractivity contribution in [3.63, 3.8) is 0 Å². The van der Waals surface area contributed by atoms with Gasteiger partial charge in [-0.2, -0.15) is 0 Å². The third kappa shape index (κ3) is 2.43. The molecule has 1 N–H and O–H groups in total. The summed E-state index contributed by atoms with van der Waals surface area (Å²) in [5.41, 5.74) is 0.966. The third-order valence-corrected chi connectivity index (χ3v) is 3.75. The molecule has 2 heterocycles. The van der Waals surface area contributed by atoms with Crippen LogP contribution in [-0.4, -0.2) is 6.54 Å². The van der Waals surface area contributed by atoms with Gasteiger partial charge in [-0.3, -0.25) is 0 Å². The van der Waals surface area contributed by atoms with Crippen molar-refractivity contribution in [3.8, 4) is 0 Å². The van der Waals surface area contributed by atoms with Crippen LogP contribution in [0.15, 0.2) is 28.9 Å². The van der Waals surface area contributed by atoms with Gasteiger partial charge in [0.2, 0.25) is 0 Å². The van der Waals surface area contributed by atoms with Gasteiger partial charge in [0.1, 0.15) is 5.76 Å². The summed E-state index contributed by atoms with van der Waals surface area (Å²) < 4.78 is 6.80. The Kier molecular flexibility index (Phi) is 3.92. The van der Waals surface area contributed by atoms with Crippen molar-refractivity contribution in [2.24, 2.45) is 0 Å². The maximum atomic E-state index is 6.14. The number of nitrogens with one attached hydrogen (secondary N) is 1. The minimum absolute atomic E-state index is 0.0313. The summed E-state index contributed by atoms with van der Waals surface area (Å²) in [6.07, 6.45) is 1.65. The van der Waals surface area contributed by atoms with E-state index >= 15 is 0 Å². The lowest BCUT2D eigenvalue weighted by Crippen LogP contribution is -2.21. The molecule has 5 heteroatoms. The predicted octanol–water partition coefficient (Wildman–Crippen LogP) is 4.35. The quantitative estimate of drug-likeness (QED) is 0.898. The summed E-state index contributed by atoms with van der Waals surface area (Å²) in [4.78, 5) is 0. The zero-order valence-corrected chi connectivity index (χ0v) is 11.0. The average Bonchev–Trinajstić information content (AvgIpc) is 2.85. The number of furan rings is 1. The van der Waals surface area contributed by atoms with Gasteiger partial charge in [-0.1, -0.05) is 30.1 Å². The topological polar surface area (TPSA) is 25.2 Å². The van der Waals surface area contributed by atoms with Crippen molar-refractivity contribution in [2.75, 3.05) is 6.54 Å². The largest absolute Gasteiger partial charge is 0.467 e. The van der Waals surface area contributed by atoms with Crippen LogP contribution in [0.1, 0.15) is 24.3 Å². The molecule has 0 aliphatic heterocycles. The molecule has 2 aromatic heterocycles. The normalized spacial score (nSPS) is 12.9. The molecule has 2 nitrogen and oxygen atoms in total. The molecule has 0 saturated carbocycles. The maximum absolute atomic E-state index is 6.14. The molecule has 2 aromatic rings. The SMILES string of the molecule is CCNC(c1ccco1)c1cc(Cl)sc1Cl.